The van der Waals surface area contributed by atoms with Crippen LogP contribution in [0.3, 0.4) is 0 Å². The van der Waals surface area contributed by atoms with Gasteiger partial charge in [-0.05, 0) is 48.0 Å². The summed E-state index contributed by atoms with van der Waals surface area (Å²) in [4.78, 5) is 16.5. The highest BCUT2D eigenvalue weighted by Crippen LogP contribution is 2.15. The van der Waals surface area contributed by atoms with Gasteiger partial charge in [-0.1, -0.05) is 18.2 Å². The summed E-state index contributed by atoms with van der Waals surface area (Å²) in [6.07, 6.45) is 8.48. The topological polar surface area (TPSA) is 72.3 Å². The number of carbonyl (C=O) groups is 1. The molecular formula is C20H19N3O3S. The Morgan fingerprint density at radius 3 is 2.26 bits per heavy atom. The monoisotopic (exact) mass is 381 g/mol. The Kier molecular flexibility index (Phi) is 5.34. The molecule has 0 fully saturated rings. The van der Waals surface area contributed by atoms with Crippen LogP contribution < -0.4 is 0 Å². The van der Waals surface area contributed by atoms with Crippen LogP contribution in [0.2, 0.25) is 0 Å². The lowest BCUT2D eigenvalue weighted by Gasteiger charge is -2.11. The number of aromatic nitrogens is 2. The van der Waals surface area contributed by atoms with Gasteiger partial charge >= 0.3 is 0 Å². The maximum atomic E-state index is 12.3. The third-order valence-electron chi connectivity index (χ3n) is 4.04. The van der Waals surface area contributed by atoms with E-state index in [9.17, 15) is 13.2 Å². The van der Waals surface area contributed by atoms with Crippen LogP contribution >= 0.6 is 0 Å². The zero-order valence-electron chi connectivity index (χ0n) is 15.0. The molecule has 7 heteroatoms. The Labute approximate surface area is 158 Å². The summed E-state index contributed by atoms with van der Waals surface area (Å²) in [5.74, 6) is -0.192. The molecule has 1 heterocycles. The van der Waals surface area contributed by atoms with Gasteiger partial charge in [0.1, 0.15) is 0 Å². The third kappa shape index (κ3) is 4.21. The van der Waals surface area contributed by atoms with Crippen LogP contribution in [-0.4, -0.2) is 42.2 Å². The number of rotatable bonds is 6. The Hall–Kier alpha value is -3.03. The Bertz CT molecular complexity index is 1050. The van der Waals surface area contributed by atoms with Gasteiger partial charge in [0.2, 0.25) is 10.0 Å². The number of carbonyl (C=O) groups excluding carboxylic acids is 1. The maximum Gasteiger partial charge on any atom is 0.242 e. The fraction of sp³-hybridized carbons (Fsp3) is 0.100. The van der Waals surface area contributed by atoms with Crippen molar-refractivity contribution in [3.8, 4) is 5.69 Å². The quantitative estimate of drug-likeness (QED) is 0.486. The van der Waals surface area contributed by atoms with Crippen LogP contribution in [0.1, 0.15) is 15.9 Å². The fourth-order valence-corrected chi connectivity index (χ4v) is 3.34. The Morgan fingerprint density at radius 1 is 1.04 bits per heavy atom. The summed E-state index contributed by atoms with van der Waals surface area (Å²) < 4.78 is 27.1. The van der Waals surface area contributed by atoms with Gasteiger partial charge < -0.3 is 4.57 Å². The molecule has 0 atom stereocenters. The molecule has 0 radical (unpaired) electrons. The molecule has 0 aliphatic rings. The van der Waals surface area contributed by atoms with Gasteiger partial charge in [-0.15, -0.1) is 0 Å². The second-order valence-electron chi connectivity index (χ2n) is 6.07. The zero-order chi connectivity index (χ0) is 19.4. The van der Waals surface area contributed by atoms with E-state index in [0.717, 1.165) is 15.6 Å². The SMILES string of the molecule is CN(C)S(=O)(=O)c1ccc(C(=O)C=Cc2ccc(-n3ccnc3)cc2)cc1. The van der Waals surface area contributed by atoms with Gasteiger partial charge in [0.25, 0.3) is 0 Å². The minimum Gasteiger partial charge on any atom is -0.306 e. The van der Waals surface area contributed by atoms with E-state index in [1.807, 2.05) is 35.0 Å². The normalized spacial score (nSPS) is 12.0. The highest BCUT2D eigenvalue weighted by Gasteiger charge is 2.17. The number of hydrogen-bond acceptors (Lipinski definition) is 4. The molecule has 1 aromatic heterocycles. The van der Waals surface area contributed by atoms with Gasteiger partial charge in [0, 0.05) is 37.7 Å². The fourth-order valence-electron chi connectivity index (χ4n) is 2.44. The van der Waals surface area contributed by atoms with Crippen LogP contribution in [0.4, 0.5) is 0 Å². The van der Waals surface area contributed by atoms with Crippen molar-refractivity contribution in [2.75, 3.05) is 14.1 Å². The number of hydrogen-bond donors (Lipinski definition) is 0. The molecule has 0 spiro atoms. The van der Waals surface area contributed by atoms with E-state index in [4.69, 9.17) is 0 Å². The summed E-state index contributed by atoms with van der Waals surface area (Å²) in [6.45, 7) is 0. The first-order chi connectivity index (χ1) is 12.9. The van der Waals surface area contributed by atoms with Gasteiger partial charge in [-0.3, -0.25) is 4.79 Å². The number of ketones is 1. The molecule has 0 N–H and O–H groups in total. The molecule has 0 aliphatic carbocycles. The first-order valence-electron chi connectivity index (χ1n) is 8.21. The number of imidazole rings is 1. The average Bonchev–Trinajstić information content (AvgIpc) is 3.21. The first-order valence-corrected chi connectivity index (χ1v) is 9.65. The van der Waals surface area contributed by atoms with Crippen molar-refractivity contribution < 1.29 is 13.2 Å². The van der Waals surface area contributed by atoms with E-state index >= 15 is 0 Å². The van der Waals surface area contributed by atoms with E-state index in [-0.39, 0.29) is 10.7 Å². The van der Waals surface area contributed by atoms with Crippen LogP contribution in [0, 0.1) is 0 Å². The Morgan fingerprint density at radius 2 is 1.70 bits per heavy atom. The molecule has 0 aliphatic heterocycles. The highest BCUT2D eigenvalue weighted by molar-refractivity contribution is 7.89. The van der Waals surface area contributed by atoms with Crippen LogP contribution in [0.5, 0.6) is 0 Å². The van der Waals surface area contributed by atoms with Crippen molar-refractivity contribution in [3.05, 3.63) is 84.5 Å². The molecular weight excluding hydrogens is 362 g/mol. The predicted octanol–water partition coefficient (Wildman–Crippen LogP) is 3.02. The van der Waals surface area contributed by atoms with Crippen molar-refractivity contribution in [2.24, 2.45) is 0 Å². The lowest BCUT2D eigenvalue weighted by atomic mass is 10.1. The summed E-state index contributed by atoms with van der Waals surface area (Å²) >= 11 is 0. The number of allylic oxidation sites excluding steroid dienone is 1. The van der Waals surface area contributed by atoms with Crippen molar-refractivity contribution in [1.82, 2.24) is 13.9 Å². The lowest BCUT2D eigenvalue weighted by molar-refractivity contribution is 0.104. The smallest absolute Gasteiger partial charge is 0.242 e. The predicted molar refractivity (Wildman–Crippen MR) is 104 cm³/mol. The summed E-state index contributed by atoms with van der Waals surface area (Å²) in [7, 11) is -0.565. The number of sulfonamides is 1. The van der Waals surface area contributed by atoms with E-state index < -0.39 is 10.0 Å². The molecule has 2 aromatic carbocycles. The van der Waals surface area contributed by atoms with Gasteiger partial charge in [-0.2, -0.15) is 0 Å². The summed E-state index contributed by atoms with van der Waals surface area (Å²) in [6, 6.07) is 13.6. The zero-order valence-corrected chi connectivity index (χ0v) is 15.8. The molecule has 6 nitrogen and oxygen atoms in total. The van der Waals surface area contributed by atoms with E-state index in [0.29, 0.717) is 5.56 Å². The second kappa shape index (κ2) is 7.69. The lowest BCUT2D eigenvalue weighted by Crippen LogP contribution is -2.22. The van der Waals surface area contributed by atoms with Crippen molar-refractivity contribution in [1.29, 1.82) is 0 Å². The first kappa shape index (κ1) is 18.8. The summed E-state index contributed by atoms with van der Waals surface area (Å²) in [5, 5.41) is 0. The minimum atomic E-state index is -3.50. The number of nitrogens with zero attached hydrogens (tertiary/aromatic N) is 3. The van der Waals surface area contributed by atoms with Crippen LogP contribution in [-0.2, 0) is 10.0 Å². The molecule has 3 aromatic rings. The van der Waals surface area contributed by atoms with Crippen molar-refractivity contribution in [3.63, 3.8) is 0 Å². The maximum absolute atomic E-state index is 12.3. The standard InChI is InChI=1S/C20H19N3O3S/c1-22(2)27(25,26)19-10-6-17(7-11-19)20(24)12-5-16-3-8-18(9-4-16)23-14-13-21-15-23/h3-15H,1-2H3. The van der Waals surface area contributed by atoms with Crippen LogP contribution in [0.25, 0.3) is 11.8 Å². The van der Waals surface area contributed by atoms with Crippen molar-refractivity contribution >= 4 is 21.9 Å². The summed E-state index contributed by atoms with van der Waals surface area (Å²) in [5.41, 5.74) is 2.30. The van der Waals surface area contributed by atoms with E-state index in [2.05, 4.69) is 4.98 Å². The Balaban J connectivity index is 1.71. The molecule has 0 unspecified atom stereocenters. The molecule has 3 rings (SSSR count). The molecule has 27 heavy (non-hydrogen) atoms. The number of benzene rings is 2. The highest BCUT2D eigenvalue weighted by atomic mass is 32.2. The van der Waals surface area contributed by atoms with E-state index in [1.165, 1.54) is 44.4 Å². The third-order valence-corrected chi connectivity index (χ3v) is 5.87. The van der Waals surface area contributed by atoms with Crippen molar-refractivity contribution in [2.45, 2.75) is 4.90 Å². The van der Waals surface area contributed by atoms with E-state index in [1.54, 1.807) is 18.6 Å². The molecule has 0 saturated carbocycles. The minimum absolute atomic E-state index is 0.156. The molecule has 0 bridgehead atoms. The van der Waals surface area contributed by atoms with Crippen LogP contribution in [0.15, 0.2) is 78.2 Å². The molecule has 0 amide bonds. The molecule has 0 saturated heterocycles. The van der Waals surface area contributed by atoms with Gasteiger partial charge in [-0.25, -0.2) is 17.7 Å². The largest absolute Gasteiger partial charge is 0.306 e. The van der Waals surface area contributed by atoms with Gasteiger partial charge in [0.15, 0.2) is 5.78 Å². The van der Waals surface area contributed by atoms with Gasteiger partial charge in [0.05, 0.1) is 11.2 Å². The second-order valence-corrected chi connectivity index (χ2v) is 8.22. The average molecular weight is 381 g/mol. The molecule has 138 valence electrons.